The molecule has 5 rings (SSSR count). The van der Waals surface area contributed by atoms with Gasteiger partial charge in [-0.3, -0.25) is 14.5 Å². The van der Waals surface area contributed by atoms with Crippen LogP contribution in [-0.4, -0.2) is 59.5 Å². The van der Waals surface area contributed by atoms with Crippen molar-refractivity contribution in [2.45, 2.75) is 37.5 Å². The Morgan fingerprint density at radius 2 is 1.90 bits per heavy atom. The number of nitrogens with one attached hydrogen (secondary N) is 1. The number of fused-ring (bicyclic) bond motifs is 3. The van der Waals surface area contributed by atoms with Crippen molar-refractivity contribution >= 4 is 17.9 Å². The molecule has 2 saturated heterocycles. The van der Waals surface area contributed by atoms with E-state index in [9.17, 15) is 14.4 Å². The van der Waals surface area contributed by atoms with Gasteiger partial charge in [-0.15, -0.1) is 0 Å². The van der Waals surface area contributed by atoms with E-state index in [0.717, 1.165) is 6.42 Å². The fourth-order valence-corrected chi connectivity index (χ4v) is 4.81. The van der Waals surface area contributed by atoms with E-state index in [0.29, 0.717) is 25.9 Å². The average molecular weight is 409 g/mol. The van der Waals surface area contributed by atoms with Crippen LogP contribution in [0.25, 0.3) is 0 Å². The van der Waals surface area contributed by atoms with Crippen LogP contribution in [0.1, 0.15) is 40.6 Å². The second-order valence-corrected chi connectivity index (χ2v) is 7.95. The highest BCUT2D eigenvalue weighted by Crippen LogP contribution is 2.44. The van der Waals surface area contributed by atoms with E-state index < -0.39 is 5.91 Å². The number of amides is 3. The Kier molecular flexibility index (Phi) is 4.69. The van der Waals surface area contributed by atoms with Gasteiger partial charge in [-0.05, 0) is 36.1 Å². The molecule has 0 unspecified atom stereocenters. The molecule has 1 N–H and O–H groups in total. The van der Waals surface area contributed by atoms with Crippen LogP contribution in [0.2, 0.25) is 0 Å². The van der Waals surface area contributed by atoms with Crippen molar-refractivity contribution < 1.29 is 23.5 Å². The molecule has 3 amide bonds. The molecule has 8 nitrogen and oxygen atoms in total. The summed E-state index contributed by atoms with van der Waals surface area (Å²) in [5.41, 5.74) is 2.41. The second kappa shape index (κ2) is 7.51. The van der Waals surface area contributed by atoms with Crippen molar-refractivity contribution in [2.75, 3.05) is 19.6 Å². The van der Waals surface area contributed by atoms with E-state index in [1.165, 1.54) is 17.4 Å². The summed E-state index contributed by atoms with van der Waals surface area (Å²) in [5, 5.41) is 2.59. The second-order valence-electron chi connectivity index (χ2n) is 7.95. The fourth-order valence-electron chi connectivity index (χ4n) is 4.81. The molecular weight excluding hydrogens is 386 g/mol. The third kappa shape index (κ3) is 3.22. The lowest BCUT2D eigenvalue weighted by Crippen LogP contribution is -2.49. The summed E-state index contributed by atoms with van der Waals surface area (Å²) >= 11 is 0. The molecule has 30 heavy (non-hydrogen) atoms. The summed E-state index contributed by atoms with van der Waals surface area (Å²) in [7, 11) is 0. The minimum atomic E-state index is -0.408. The van der Waals surface area contributed by atoms with Gasteiger partial charge in [-0.25, -0.2) is 4.79 Å². The number of benzene rings is 1. The van der Waals surface area contributed by atoms with Crippen LogP contribution in [0.3, 0.4) is 0 Å². The van der Waals surface area contributed by atoms with E-state index in [-0.39, 0.29) is 42.5 Å². The van der Waals surface area contributed by atoms with Crippen molar-refractivity contribution in [3.63, 3.8) is 0 Å². The van der Waals surface area contributed by atoms with Crippen molar-refractivity contribution in [1.29, 1.82) is 0 Å². The van der Waals surface area contributed by atoms with E-state index in [1.807, 2.05) is 17.0 Å². The normalized spacial score (nSPS) is 23.1. The van der Waals surface area contributed by atoms with Gasteiger partial charge in [0.1, 0.15) is 6.10 Å². The largest absolute Gasteiger partial charge is 0.459 e. The van der Waals surface area contributed by atoms with Gasteiger partial charge in [0, 0.05) is 25.6 Å². The van der Waals surface area contributed by atoms with Crippen molar-refractivity contribution in [3.05, 3.63) is 59.5 Å². The van der Waals surface area contributed by atoms with E-state index in [1.54, 1.807) is 17.0 Å². The first-order chi connectivity index (χ1) is 14.6. The first-order valence-electron chi connectivity index (χ1n) is 10.3. The molecule has 2 aromatic rings. The molecule has 1 aromatic heterocycles. The number of carbonyl (C=O) groups is 3. The van der Waals surface area contributed by atoms with Gasteiger partial charge in [0.25, 0.3) is 5.91 Å². The van der Waals surface area contributed by atoms with Crippen molar-refractivity contribution in [2.24, 2.45) is 0 Å². The predicted molar refractivity (Wildman–Crippen MR) is 106 cm³/mol. The van der Waals surface area contributed by atoms with Crippen molar-refractivity contribution in [1.82, 2.24) is 15.1 Å². The molecule has 0 spiro atoms. The van der Waals surface area contributed by atoms with Gasteiger partial charge in [0.05, 0.1) is 18.8 Å². The molecule has 1 aromatic carbocycles. The third-order valence-electron chi connectivity index (χ3n) is 6.27. The van der Waals surface area contributed by atoms with Gasteiger partial charge < -0.3 is 19.4 Å². The molecule has 3 heterocycles. The summed E-state index contributed by atoms with van der Waals surface area (Å²) in [5.74, 6) is -0.365. The molecule has 8 heteroatoms. The first kappa shape index (κ1) is 18.7. The predicted octanol–water partition coefficient (Wildman–Crippen LogP) is 2.12. The maximum Gasteiger partial charge on any atom is 0.411 e. The zero-order chi connectivity index (χ0) is 20.7. The Bertz CT molecular complexity index is 965. The molecule has 1 aliphatic carbocycles. The molecule has 156 valence electrons. The number of likely N-dealkylation sites (tertiary alicyclic amines) is 1. The van der Waals surface area contributed by atoms with Gasteiger partial charge in [-0.1, -0.05) is 24.3 Å². The summed E-state index contributed by atoms with van der Waals surface area (Å²) < 4.78 is 10.7. The number of rotatable bonds is 4. The van der Waals surface area contributed by atoms with Crippen molar-refractivity contribution in [3.8, 4) is 0 Å². The number of hydrogen-bond acceptors (Lipinski definition) is 5. The maximum absolute atomic E-state index is 12.6. The highest BCUT2D eigenvalue weighted by Gasteiger charge is 2.50. The number of furan rings is 1. The minimum Gasteiger partial charge on any atom is -0.459 e. The zero-order valence-electron chi connectivity index (χ0n) is 16.5. The van der Waals surface area contributed by atoms with E-state index in [2.05, 4.69) is 17.4 Å². The van der Waals surface area contributed by atoms with Crippen LogP contribution in [0.4, 0.5) is 4.79 Å². The molecule has 2 fully saturated rings. The van der Waals surface area contributed by atoms with Crippen LogP contribution in [0, 0.1) is 0 Å². The Labute approximate surface area is 173 Å². The average Bonchev–Trinajstić information content (AvgIpc) is 3.47. The molecule has 0 saturated carbocycles. The number of carbonyl (C=O) groups excluding carboxylic acids is 3. The zero-order valence-corrected chi connectivity index (χ0v) is 16.5. The number of piperidine rings is 1. The summed E-state index contributed by atoms with van der Waals surface area (Å²) in [6.07, 6.45) is 3.19. The molecule has 0 bridgehead atoms. The van der Waals surface area contributed by atoms with Crippen LogP contribution in [0.5, 0.6) is 0 Å². The number of nitrogens with zero attached hydrogens (tertiary/aromatic N) is 2. The van der Waals surface area contributed by atoms with Gasteiger partial charge in [0.15, 0.2) is 5.76 Å². The molecule has 2 atom stereocenters. The Hall–Kier alpha value is -3.29. The van der Waals surface area contributed by atoms with Crippen LogP contribution in [-0.2, 0) is 16.0 Å². The highest BCUT2D eigenvalue weighted by atomic mass is 16.6. The van der Waals surface area contributed by atoms with Crippen LogP contribution in [0.15, 0.2) is 47.1 Å². The SMILES string of the molecule is O=C(NCC(=O)N1CCC(N2C(=O)O[C@H]3Cc4ccccc4[C@H]32)CC1)c1ccco1. The Balaban J connectivity index is 1.18. The van der Waals surface area contributed by atoms with E-state index in [4.69, 9.17) is 9.15 Å². The smallest absolute Gasteiger partial charge is 0.411 e. The number of hydrogen-bond donors (Lipinski definition) is 1. The molecule has 3 aliphatic rings. The fraction of sp³-hybridized carbons (Fsp3) is 0.409. The lowest BCUT2D eigenvalue weighted by molar-refractivity contribution is -0.131. The quantitative estimate of drug-likeness (QED) is 0.835. The Morgan fingerprint density at radius 3 is 2.67 bits per heavy atom. The van der Waals surface area contributed by atoms with Crippen LogP contribution < -0.4 is 5.32 Å². The first-order valence-corrected chi connectivity index (χ1v) is 10.3. The third-order valence-corrected chi connectivity index (χ3v) is 6.27. The Morgan fingerprint density at radius 1 is 1.10 bits per heavy atom. The minimum absolute atomic E-state index is 0.0338. The maximum atomic E-state index is 12.6. The van der Waals surface area contributed by atoms with Crippen LogP contribution >= 0.6 is 0 Å². The summed E-state index contributed by atoms with van der Waals surface area (Å²) in [6.45, 7) is 1.01. The lowest BCUT2D eigenvalue weighted by Gasteiger charge is -2.38. The molecular formula is C22H23N3O5. The van der Waals surface area contributed by atoms with Gasteiger partial charge >= 0.3 is 6.09 Å². The molecule has 0 radical (unpaired) electrons. The summed E-state index contributed by atoms with van der Waals surface area (Å²) in [6, 6.07) is 11.4. The van der Waals surface area contributed by atoms with Gasteiger partial charge in [-0.2, -0.15) is 0 Å². The van der Waals surface area contributed by atoms with Gasteiger partial charge in [0.2, 0.25) is 5.91 Å². The van der Waals surface area contributed by atoms with E-state index >= 15 is 0 Å². The monoisotopic (exact) mass is 409 g/mol. The standard InChI is InChI=1S/C22H23N3O5/c26-19(13-23-21(27)17-6-3-11-29-17)24-9-7-15(8-10-24)25-20-16-5-2-1-4-14(16)12-18(20)30-22(25)28/h1-6,11,15,18,20H,7-10,12-13H2,(H,23,27)/t18-,20+/m0/s1. The topological polar surface area (TPSA) is 92.1 Å². The lowest BCUT2D eigenvalue weighted by atomic mass is 9.99. The number of ether oxygens (including phenoxy) is 1. The molecule has 2 aliphatic heterocycles. The summed E-state index contributed by atoms with van der Waals surface area (Å²) in [4.78, 5) is 40.6. The highest BCUT2D eigenvalue weighted by molar-refractivity contribution is 5.94.